The largest absolute Gasteiger partial charge is 0.508 e. The van der Waals surface area contributed by atoms with E-state index in [1.54, 1.807) is 18.2 Å². The monoisotopic (exact) mass is 462 g/mol. The van der Waals surface area contributed by atoms with E-state index in [9.17, 15) is 18.3 Å². The van der Waals surface area contributed by atoms with Gasteiger partial charge in [-0.2, -0.15) is 9.41 Å². The Hall–Kier alpha value is -2.46. The van der Waals surface area contributed by atoms with Crippen molar-refractivity contribution < 1.29 is 18.3 Å². The normalized spacial score (nSPS) is 18.8. The standard InChI is InChI=1S/C21H23ClN4O4S/c1-25-7-9-26(10-8-25)31(29,30)17-4-2-3-15(12-17)21(28)24-23-19-6-5-14-11-16(27)13-18(22)20(14)19/h2-4,11-13,27H,5-10H2,1H3,(H,24,28). The summed E-state index contributed by atoms with van der Waals surface area (Å²) in [4.78, 5) is 14.8. The molecule has 0 atom stereocenters. The Morgan fingerprint density at radius 3 is 2.61 bits per heavy atom. The smallest absolute Gasteiger partial charge is 0.271 e. The molecular weight excluding hydrogens is 440 g/mol. The third-order valence-electron chi connectivity index (χ3n) is 5.57. The molecule has 4 rings (SSSR count). The minimum absolute atomic E-state index is 0.0853. The Balaban J connectivity index is 1.52. The lowest BCUT2D eigenvalue weighted by atomic mass is 10.1. The summed E-state index contributed by atoms with van der Waals surface area (Å²) < 4.78 is 27.3. The van der Waals surface area contributed by atoms with E-state index in [0.29, 0.717) is 55.3 Å². The van der Waals surface area contributed by atoms with Crippen molar-refractivity contribution in [2.24, 2.45) is 5.10 Å². The number of carbonyl (C=O) groups excluding carboxylic acids is 1. The molecule has 1 heterocycles. The molecule has 2 aliphatic rings. The number of benzene rings is 2. The number of aromatic hydroxyl groups is 1. The Labute approximate surface area is 186 Å². The first-order valence-corrected chi connectivity index (χ1v) is 11.7. The number of hydrogen-bond acceptors (Lipinski definition) is 6. The molecule has 1 aliphatic carbocycles. The van der Waals surface area contributed by atoms with Crippen molar-refractivity contribution >= 4 is 33.2 Å². The van der Waals surface area contributed by atoms with E-state index in [0.717, 1.165) is 5.56 Å². The van der Waals surface area contributed by atoms with Gasteiger partial charge in [-0.1, -0.05) is 17.7 Å². The van der Waals surface area contributed by atoms with Crippen molar-refractivity contribution in [3.63, 3.8) is 0 Å². The average molecular weight is 463 g/mol. The van der Waals surface area contributed by atoms with E-state index in [1.807, 2.05) is 7.05 Å². The number of likely N-dealkylation sites (N-methyl/N-ethyl adjacent to an activating group) is 1. The van der Waals surface area contributed by atoms with Gasteiger partial charge in [0.25, 0.3) is 5.91 Å². The second-order valence-corrected chi connectivity index (χ2v) is 10.0. The molecule has 1 amide bonds. The first kappa shape index (κ1) is 21.8. The van der Waals surface area contributed by atoms with Crippen molar-refractivity contribution in [3.05, 3.63) is 58.1 Å². The maximum Gasteiger partial charge on any atom is 0.271 e. The van der Waals surface area contributed by atoms with Crippen molar-refractivity contribution in [1.82, 2.24) is 14.6 Å². The van der Waals surface area contributed by atoms with E-state index >= 15 is 0 Å². The summed E-state index contributed by atoms with van der Waals surface area (Å²) in [7, 11) is -1.72. The molecule has 2 aromatic rings. The molecule has 1 fully saturated rings. The Bertz CT molecular complexity index is 1160. The fourth-order valence-corrected chi connectivity index (χ4v) is 5.63. The van der Waals surface area contributed by atoms with Crippen LogP contribution in [0.2, 0.25) is 5.02 Å². The number of nitrogens with zero attached hydrogens (tertiary/aromatic N) is 3. The highest BCUT2D eigenvalue weighted by molar-refractivity contribution is 7.89. The first-order valence-electron chi connectivity index (χ1n) is 9.93. The van der Waals surface area contributed by atoms with Crippen molar-refractivity contribution in [2.45, 2.75) is 17.7 Å². The molecule has 0 radical (unpaired) electrons. The minimum Gasteiger partial charge on any atom is -0.508 e. The van der Waals surface area contributed by atoms with Gasteiger partial charge in [0.15, 0.2) is 0 Å². The first-order chi connectivity index (χ1) is 14.8. The van der Waals surface area contributed by atoms with Crippen LogP contribution in [-0.4, -0.2) is 67.6 Å². The summed E-state index contributed by atoms with van der Waals surface area (Å²) in [6.45, 7) is 2.16. The zero-order chi connectivity index (χ0) is 22.2. The summed E-state index contributed by atoms with van der Waals surface area (Å²) in [6.07, 6.45) is 1.24. The van der Waals surface area contributed by atoms with Crippen LogP contribution in [0, 0.1) is 0 Å². The number of rotatable bonds is 4. The number of nitrogens with one attached hydrogen (secondary N) is 1. The molecule has 0 bridgehead atoms. The van der Waals surface area contributed by atoms with E-state index < -0.39 is 15.9 Å². The van der Waals surface area contributed by atoms with Gasteiger partial charge in [-0.15, -0.1) is 0 Å². The number of sulfonamides is 1. The number of phenols is 1. The fourth-order valence-electron chi connectivity index (χ4n) is 3.82. The zero-order valence-electron chi connectivity index (χ0n) is 17.0. The molecule has 8 nitrogen and oxygen atoms in total. The second-order valence-electron chi connectivity index (χ2n) is 7.70. The van der Waals surface area contributed by atoms with Gasteiger partial charge in [-0.25, -0.2) is 13.8 Å². The van der Waals surface area contributed by atoms with Crippen molar-refractivity contribution in [3.8, 4) is 5.75 Å². The fraction of sp³-hybridized carbons (Fsp3) is 0.333. The third kappa shape index (κ3) is 4.45. The van der Waals surface area contributed by atoms with E-state index in [1.165, 1.54) is 22.5 Å². The van der Waals surface area contributed by atoms with Crippen LogP contribution in [-0.2, 0) is 16.4 Å². The summed E-state index contributed by atoms with van der Waals surface area (Å²) in [5.41, 5.74) is 4.91. The Morgan fingerprint density at radius 2 is 1.87 bits per heavy atom. The lowest BCUT2D eigenvalue weighted by molar-refractivity contribution is 0.0954. The molecule has 0 saturated carbocycles. The SMILES string of the molecule is CN1CCN(S(=O)(=O)c2cccc(C(=O)NN=C3CCc4cc(O)cc(Cl)c43)c2)CC1. The Morgan fingerprint density at radius 1 is 1.13 bits per heavy atom. The quantitative estimate of drug-likeness (QED) is 0.677. The zero-order valence-corrected chi connectivity index (χ0v) is 18.6. The summed E-state index contributed by atoms with van der Waals surface area (Å²) in [5, 5.41) is 14.3. The van der Waals surface area contributed by atoms with E-state index in [-0.39, 0.29) is 16.2 Å². The Kier molecular flexibility index (Phi) is 6.02. The highest BCUT2D eigenvalue weighted by Gasteiger charge is 2.28. The van der Waals surface area contributed by atoms with Crippen LogP contribution in [0.15, 0.2) is 46.4 Å². The number of amides is 1. The van der Waals surface area contributed by atoms with Gasteiger partial charge in [0.1, 0.15) is 5.75 Å². The number of piperazine rings is 1. The lowest BCUT2D eigenvalue weighted by Gasteiger charge is -2.31. The molecule has 10 heteroatoms. The molecule has 0 unspecified atom stereocenters. The van der Waals surface area contributed by atoms with Gasteiger partial charge in [0, 0.05) is 37.3 Å². The number of hydrazone groups is 1. The van der Waals surface area contributed by atoms with Gasteiger partial charge < -0.3 is 10.0 Å². The maximum absolute atomic E-state index is 13.0. The third-order valence-corrected chi connectivity index (χ3v) is 7.76. The highest BCUT2D eigenvalue weighted by Crippen LogP contribution is 2.33. The number of halogens is 1. The maximum atomic E-state index is 13.0. The molecule has 31 heavy (non-hydrogen) atoms. The predicted octanol–water partition coefficient (Wildman–Crippen LogP) is 2.06. The number of carbonyl (C=O) groups is 1. The van der Waals surface area contributed by atoms with Crippen LogP contribution in [0.25, 0.3) is 0 Å². The molecular formula is C21H23ClN4O4S. The van der Waals surface area contributed by atoms with Gasteiger partial charge in [0.2, 0.25) is 10.0 Å². The number of fused-ring (bicyclic) bond motifs is 1. The van der Waals surface area contributed by atoms with E-state index in [2.05, 4.69) is 15.4 Å². The topological polar surface area (TPSA) is 102 Å². The van der Waals surface area contributed by atoms with Crippen LogP contribution in [0.4, 0.5) is 0 Å². The summed E-state index contributed by atoms with van der Waals surface area (Å²) >= 11 is 6.23. The van der Waals surface area contributed by atoms with Gasteiger partial charge >= 0.3 is 0 Å². The van der Waals surface area contributed by atoms with Gasteiger partial charge in [0.05, 0.1) is 15.6 Å². The minimum atomic E-state index is -3.67. The van der Waals surface area contributed by atoms with E-state index in [4.69, 9.17) is 11.6 Å². The molecule has 2 N–H and O–H groups in total. The molecule has 1 saturated heterocycles. The summed E-state index contributed by atoms with van der Waals surface area (Å²) in [6, 6.07) is 9.04. The van der Waals surface area contributed by atoms with Crippen molar-refractivity contribution in [1.29, 1.82) is 0 Å². The predicted molar refractivity (Wildman–Crippen MR) is 118 cm³/mol. The number of aryl methyl sites for hydroxylation is 1. The molecule has 0 aromatic heterocycles. The van der Waals surface area contributed by atoms with Crippen LogP contribution in [0.1, 0.15) is 27.9 Å². The number of hydrogen-bond donors (Lipinski definition) is 2. The number of phenolic OH excluding ortho intramolecular Hbond substituents is 1. The van der Waals surface area contributed by atoms with Crippen LogP contribution < -0.4 is 5.43 Å². The van der Waals surface area contributed by atoms with Crippen LogP contribution >= 0.6 is 11.6 Å². The van der Waals surface area contributed by atoms with Crippen LogP contribution in [0.3, 0.4) is 0 Å². The highest BCUT2D eigenvalue weighted by atomic mass is 35.5. The van der Waals surface area contributed by atoms with Crippen LogP contribution in [0.5, 0.6) is 5.75 Å². The molecule has 1 aliphatic heterocycles. The lowest BCUT2D eigenvalue weighted by Crippen LogP contribution is -2.47. The molecule has 0 spiro atoms. The van der Waals surface area contributed by atoms with Gasteiger partial charge in [-0.05, 0) is 55.8 Å². The van der Waals surface area contributed by atoms with Crippen molar-refractivity contribution in [2.75, 3.05) is 33.2 Å². The summed E-state index contributed by atoms with van der Waals surface area (Å²) in [5.74, 6) is -0.418. The molecule has 164 valence electrons. The van der Waals surface area contributed by atoms with Gasteiger partial charge in [-0.3, -0.25) is 4.79 Å². The second kappa shape index (κ2) is 8.58. The average Bonchev–Trinajstić information content (AvgIpc) is 3.15. The molecule has 2 aromatic carbocycles.